The molecule has 1 atom stereocenters. The summed E-state index contributed by atoms with van der Waals surface area (Å²) in [7, 11) is 0. The molecule has 3 rings (SSSR count). The van der Waals surface area contributed by atoms with E-state index in [4.69, 9.17) is 0 Å². The molecule has 1 aliphatic heterocycles. The predicted octanol–water partition coefficient (Wildman–Crippen LogP) is 1.53. The summed E-state index contributed by atoms with van der Waals surface area (Å²) in [5, 5.41) is 12.3. The Labute approximate surface area is 121 Å². The summed E-state index contributed by atoms with van der Waals surface area (Å²) in [5.41, 5.74) is -0.415. The van der Waals surface area contributed by atoms with Gasteiger partial charge in [0, 0.05) is 19.1 Å². The van der Waals surface area contributed by atoms with Gasteiger partial charge in [-0.15, -0.1) is 0 Å². The van der Waals surface area contributed by atoms with Crippen molar-refractivity contribution in [1.82, 2.24) is 10.2 Å². The Morgan fingerprint density at radius 2 is 1.95 bits per heavy atom. The van der Waals surface area contributed by atoms with Crippen molar-refractivity contribution in [3.8, 4) is 0 Å². The summed E-state index contributed by atoms with van der Waals surface area (Å²) in [6, 6.07) is 0.802. The maximum Gasteiger partial charge on any atom is 0.228 e. The van der Waals surface area contributed by atoms with E-state index < -0.39 is 5.41 Å². The molecular weight excluding hydrogens is 252 g/mol. The maximum atomic E-state index is 12.0. The van der Waals surface area contributed by atoms with Gasteiger partial charge in [-0.2, -0.15) is 0 Å². The van der Waals surface area contributed by atoms with Gasteiger partial charge in [-0.3, -0.25) is 4.79 Å². The first kappa shape index (κ1) is 14.3. The van der Waals surface area contributed by atoms with Crippen LogP contribution in [0.15, 0.2) is 0 Å². The summed E-state index contributed by atoms with van der Waals surface area (Å²) in [4.78, 5) is 14.7. The smallest absolute Gasteiger partial charge is 0.228 e. The first-order valence-corrected chi connectivity index (χ1v) is 8.37. The first-order chi connectivity index (χ1) is 9.73. The first-order valence-electron chi connectivity index (χ1n) is 8.37. The lowest BCUT2D eigenvalue weighted by molar-refractivity contribution is -0.127. The van der Waals surface area contributed by atoms with Gasteiger partial charge in [0.25, 0.3) is 0 Å². The highest BCUT2D eigenvalue weighted by Crippen LogP contribution is 2.45. The van der Waals surface area contributed by atoms with Crippen LogP contribution in [0.25, 0.3) is 0 Å². The van der Waals surface area contributed by atoms with Crippen LogP contribution in [-0.4, -0.2) is 48.2 Å². The van der Waals surface area contributed by atoms with E-state index in [9.17, 15) is 9.90 Å². The molecule has 2 saturated carbocycles. The largest absolute Gasteiger partial charge is 0.395 e. The van der Waals surface area contributed by atoms with Gasteiger partial charge in [0.15, 0.2) is 0 Å². The summed E-state index contributed by atoms with van der Waals surface area (Å²) < 4.78 is 0. The van der Waals surface area contributed by atoms with Crippen LogP contribution in [0.3, 0.4) is 0 Å². The fraction of sp³-hybridized carbons (Fsp3) is 0.938. The highest BCUT2D eigenvalue weighted by Gasteiger charge is 2.49. The fourth-order valence-electron chi connectivity index (χ4n) is 3.84. The van der Waals surface area contributed by atoms with Gasteiger partial charge in [0.1, 0.15) is 0 Å². The lowest BCUT2D eigenvalue weighted by atomic mass is 9.94. The Morgan fingerprint density at radius 3 is 2.60 bits per heavy atom. The molecule has 4 nitrogen and oxygen atoms in total. The quantitative estimate of drug-likeness (QED) is 0.803. The van der Waals surface area contributed by atoms with Crippen LogP contribution in [0.1, 0.15) is 51.4 Å². The molecule has 2 N–H and O–H groups in total. The van der Waals surface area contributed by atoms with Gasteiger partial charge in [0.05, 0.1) is 12.0 Å². The van der Waals surface area contributed by atoms with Gasteiger partial charge >= 0.3 is 0 Å². The summed E-state index contributed by atoms with van der Waals surface area (Å²) in [6.45, 7) is 3.16. The van der Waals surface area contributed by atoms with E-state index in [0.29, 0.717) is 5.92 Å². The van der Waals surface area contributed by atoms with Crippen molar-refractivity contribution in [3.05, 3.63) is 0 Å². The second-order valence-corrected chi connectivity index (χ2v) is 7.09. The van der Waals surface area contributed by atoms with Crippen LogP contribution in [0.4, 0.5) is 0 Å². The van der Waals surface area contributed by atoms with Crippen molar-refractivity contribution in [2.75, 3.05) is 26.2 Å². The van der Waals surface area contributed by atoms with E-state index in [0.717, 1.165) is 32.0 Å². The van der Waals surface area contributed by atoms with Crippen LogP contribution >= 0.6 is 0 Å². The summed E-state index contributed by atoms with van der Waals surface area (Å²) in [6.07, 6.45) is 9.85. The SMILES string of the molecule is O=C(NC[C@@H]1CCN(C2CCCCC2)C1)C1(CO)CC1. The lowest BCUT2D eigenvalue weighted by Crippen LogP contribution is -2.39. The standard InChI is InChI=1S/C16H28N2O2/c19-12-16(7-8-16)15(20)17-10-13-6-9-18(11-13)14-4-2-1-3-5-14/h13-14,19H,1-12H2,(H,17,20)/t13-/m0/s1. The molecule has 3 aliphatic rings. The number of aliphatic hydroxyl groups is 1. The molecule has 0 spiro atoms. The zero-order chi connectivity index (χ0) is 14.0. The van der Waals surface area contributed by atoms with Crippen LogP contribution in [0.5, 0.6) is 0 Å². The van der Waals surface area contributed by atoms with E-state index in [1.807, 2.05) is 0 Å². The lowest BCUT2D eigenvalue weighted by Gasteiger charge is -2.31. The Bertz CT molecular complexity index is 348. The molecule has 114 valence electrons. The molecule has 2 aliphatic carbocycles. The zero-order valence-corrected chi connectivity index (χ0v) is 12.4. The molecule has 0 aromatic rings. The third-order valence-corrected chi connectivity index (χ3v) is 5.60. The van der Waals surface area contributed by atoms with Crippen LogP contribution in [0.2, 0.25) is 0 Å². The van der Waals surface area contributed by atoms with E-state index >= 15 is 0 Å². The van der Waals surface area contributed by atoms with Crippen molar-refractivity contribution >= 4 is 5.91 Å². The molecule has 4 heteroatoms. The van der Waals surface area contributed by atoms with Crippen molar-refractivity contribution in [1.29, 1.82) is 0 Å². The van der Waals surface area contributed by atoms with Crippen molar-refractivity contribution in [3.63, 3.8) is 0 Å². The minimum atomic E-state index is -0.415. The summed E-state index contributed by atoms with van der Waals surface area (Å²) >= 11 is 0. The average molecular weight is 280 g/mol. The minimum absolute atomic E-state index is 0.0116. The van der Waals surface area contributed by atoms with Gasteiger partial charge in [0.2, 0.25) is 5.91 Å². The second-order valence-electron chi connectivity index (χ2n) is 7.09. The minimum Gasteiger partial charge on any atom is -0.395 e. The van der Waals surface area contributed by atoms with Crippen LogP contribution in [0, 0.1) is 11.3 Å². The highest BCUT2D eigenvalue weighted by molar-refractivity contribution is 5.85. The average Bonchev–Trinajstić information content (AvgIpc) is 3.17. The number of hydrogen-bond donors (Lipinski definition) is 2. The number of carbonyl (C=O) groups excluding carboxylic acids is 1. The number of nitrogens with one attached hydrogen (secondary N) is 1. The van der Waals surface area contributed by atoms with Gasteiger partial charge < -0.3 is 15.3 Å². The zero-order valence-electron chi connectivity index (χ0n) is 12.4. The van der Waals surface area contributed by atoms with E-state index in [1.54, 1.807) is 0 Å². The van der Waals surface area contributed by atoms with E-state index in [2.05, 4.69) is 10.2 Å². The number of aliphatic hydroxyl groups excluding tert-OH is 1. The molecule has 1 saturated heterocycles. The number of hydrogen-bond acceptors (Lipinski definition) is 3. The fourth-order valence-corrected chi connectivity index (χ4v) is 3.84. The van der Waals surface area contributed by atoms with Crippen molar-refractivity contribution in [2.24, 2.45) is 11.3 Å². The Morgan fingerprint density at radius 1 is 1.20 bits per heavy atom. The molecule has 0 bridgehead atoms. The molecule has 1 amide bonds. The van der Waals surface area contributed by atoms with E-state index in [-0.39, 0.29) is 12.5 Å². The Hall–Kier alpha value is -0.610. The number of likely N-dealkylation sites (tertiary alicyclic amines) is 1. The molecule has 0 aromatic carbocycles. The third-order valence-electron chi connectivity index (χ3n) is 5.60. The molecule has 3 fully saturated rings. The highest BCUT2D eigenvalue weighted by atomic mass is 16.3. The molecule has 1 heterocycles. The van der Waals surface area contributed by atoms with Crippen LogP contribution < -0.4 is 5.32 Å². The molecule has 0 radical (unpaired) electrons. The monoisotopic (exact) mass is 280 g/mol. The molecule has 20 heavy (non-hydrogen) atoms. The predicted molar refractivity (Wildman–Crippen MR) is 78.3 cm³/mol. The summed E-state index contributed by atoms with van der Waals surface area (Å²) in [5.74, 6) is 0.687. The second kappa shape index (κ2) is 6.02. The topological polar surface area (TPSA) is 52.6 Å². The van der Waals surface area contributed by atoms with Crippen molar-refractivity contribution < 1.29 is 9.90 Å². The van der Waals surface area contributed by atoms with E-state index in [1.165, 1.54) is 45.1 Å². The maximum absolute atomic E-state index is 12.0. The Balaban J connectivity index is 1.40. The van der Waals surface area contributed by atoms with Gasteiger partial charge in [-0.1, -0.05) is 19.3 Å². The number of nitrogens with zero attached hydrogens (tertiary/aromatic N) is 1. The van der Waals surface area contributed by atoms with Crippen molar-refractivity contribution in [2.45, 2.75) is 57.4 Å². The number of carbonyl (C=O) groups is 1. The third kappa shape index (κ3) is 3.01. The normalized spacial score (nSPS) is 30.4. The molecule has 0 unspecified atom stereocenters. The Kier molecular flexibility index (Phi) is 4.32. The van der Waals surface area contributed by atoms with Gasteiger partial charge in [-0.25, -0.2) is 0 Å². The van der Waals surface area contributed by atoms with Gasteiger partial charge in [-0.05, 0) is 44.6 Å². The molecular formula is C16H28N2O2. The van der Waals surface area contributed by atoms with Crippen LogP contribution in [-0.2, 0) is 4.79 Å². The number of amides is 1. The molecule has 0 aromatic heterocycles. The number of rotatable bonds is 5.